The van der Waals surface area contributed by atoms with Crippen LogP contribution < -0.4 is 10.6 Å². The third kappa shape index (κ3) is 4.74. The van der Waals surface area contributed by atoms with E-state index in [2.05, 4.69) is 10.4 Å². The molecule has 1 aromatic heterocycles. The number of aromatic nitrogens is 2. The van der Waals surface area contributed by atoms with Crippen molar-refractivity contribution < 1.29 is 18.0 Å². The zero-order valence-electron chi connectivity index (χ0n) is 10.1. The number of hydrogen-bond acceptors (Lipinski definition) is 3. The Labute approximate surface area is 102 Å². The normalized spacial score (nSPS) is 13.4. The van der Waals surface area contributed by atoms with Crippen molar-refractivity contribution in [2.24, 2.45) is 7.05 Å². The SMILES string of the molecule is CC(NCc1ccnn1C)C(=O)NCC(F)(F)F. The maximum absolute atomic E-state index is 11.9. The summed E-state index contributed by atoms with van der Waals surface area (Å²) in [4.78, 5) is 11.3. The molecule has 8 heteroatoms. The van der Waals surface area contributed by atoms with Gasteiger partial charge in [-0.25, -0.2) is 0 Å². The summed E-state index contributed by atoms with van der Waals surface area (Å²) in [5.74, 6) is -0.686. The molecule has 2 N–H and O–H groups in total. The van der Waals surface area contributed by atoms with Crippen LogP contribution in [0.3, 0.4) is 0 Å². The van der Waals surface area contributed by atoms with Crippen LogP contribution in [0.1, 0.15) is 12.6 Å². The second kappa shape index (κ2) is 5.85. The van der Waals surface area contributed by atoms with E-state index in [0.29, 0.717) is 6.54 Å². The minimum Gasteiger partial charge on any atom is -0.346 e. The van der Waals surface area contributed by atoms with Crippen LogP contribution in [0.5, 0.6) is 0 Å². The Balaban J connectivity index is 2.34. The Kier molecular flexibility index (Phi) is 4.71. The number of carbonyl (C=O) groups excluding carboxylic acids is 1. The molecule has 1 aromatic rings. The number of hydrogen-bond donors (Lipinski definition) is 2. The molecule has 0 saturated carbocycles. The first-order valence-electron chi connectivity index (χ1n) is 5.34. The number of alkyl halides is 3. The van der Waals surface area contributed by atoms with Gasteiger partial charge in [-0.15, -0.1) is 0 Å². The summed E-state index contributed by atoms with van der Waals surface area (Å²) in [7, 11) is 1.74. The number of rotatable bonds is 5. The number of carbonyl (C=O) groups is 1. The highest BCUT2D eigenvalue weighted by atomic mass is 19.4. The van der Waals surface area contributed by atoms with Gasteiger partial charge in [-0.1, -0.05) is 0 Å². The Morgan fingerprint density at radius 2 is 2.22 bits per heavy atom. The van der Waals surface area contributed by atoms with Gasteiger partial charge in [0.05, 0.1) is 11.7 Å². The van der Waals surface area contributed by atoms with E-state index in [9.17, 15) is 18.0 Å². The standard InChI is InChI=1S/C10H15F3N4O/c1-7(9(18)15-6-10(11,12)13)14-5-8-3-4-16-17(8)2/h3-4,7,14H,5-6H2,1-2H3,(H,15,18). The molecule has 0 aliphatic rings. The van der Waals surface area contributed by atoms with Crippen LogP contribution in [0.25, 0.3) is 0 Å². The van der Waals surface area contributed by atoms with Crippen molar-refractivity contribution in [3.05, 3.63) is 18.0 Å². The summed E-state index contributed by atoms with van der Waals surface area (Å²) in [6.45, 7) is 0.544. The molecule has 0 bridgehead atoms. The smallest absolute Gasteiger partial charge is 0.346 e. The van der Waals surface area contributed by atoms with Gasteiger partial charge >= 0.3 is 6.18 Å². The van der Waals surface area contributed by atoms with Gasteiger partial charge in [-0.3, -0.25) is 9.48 Å². The van der Waals surface area contributed by atoms with Gasteiger partial charge in [0.2, 0.25) is 5.91 Å². The lowest BCUT2D eigenvalue weighted by Crippen LogP contribution is -2.45. The van der Waals surface area contributed by atoms with Gasteiger partial charge in [0.25, 0.3) is 0 Å². The van der Waals surface area contributed by atoms with E-state index in [1.165, 1.54) is 6.92 Å². The number of halogens is 3. The van der Waals surface area contributed by atoms with Crippen LogP contribution in [-0.4, -0.2) is 34.5 Å². The van der Waals surface area contributed by atoms with Crippen LogP contribution in [0.4, 0.5) is 13.2 Å². The number of nitrogens with one attached hydrogen (secondary N) is 2. The monoisotopic (exact) mass is 264 g/mol. The molecular formula is C10H15F3N4O. The van der Waals surface area contributed by atoms with Gasteiger partial charge in [0.1, 0.15) is 6.54 Å². The lowest BCUT2D eigenvalue weighted by atomic mass is 10.3. The highest BCUT2D eigenvalue weighted by Gasteiger charge is 2.28. The molecule has 0 aliphatic carbocycles. The van der Waals surface area contributed by atoms with Gasteiger partial charge in [0, 0.05) is 19.8 Å². The molecule has 1 amide bonds. The fourth-order valence-electron chi connectivity index (χ4n) is 1.27. The zero-order valence-corrected chi connectivity index (χ0v) is 10.1. The summed E-state index contributed by atoms with van der Waals surface area (Å²) in [5, 5.41) is 8.58. The van der Waals surface area contributed by atoms with E-state index in [1.54, 1.807) is 24.0 Å². The van der Waals surface area contributed by atoms with Gasteiger partial charge in [-0.05, 0) is 13.0 Å². The fourth-order valence-corrected chi connectivity index (χ4v) is 1.27. The Bertz CT molecular complexity index is 402. The van der Waals surface area contributed by atoms with Crippen molar-refractivity contribution in [3.8, 4) is 0 Å². The lowest BCUT2D eigenvalue weighted by molar-refractivity contribution is -0.139. The summed E-state index contributed by atoms with van der Waals surface area (Å²) in [5.41, 5.74) is 0.838. The average Bonchev–Trinajstić information content (AvgIpc) is 2.67. The molecule has 1 unspecified atom stereocenters. The molecule has 1 rings (SSSR count). The summed E-state index contributed by atoms with van der Waals surface area (Å²) >= 11 is 0. The molecule has 0 fully saturated rings. The average molecular weight is 264 g/mol. The largest absolute Gasteiger partial charge is 0.405 e. The molecule has 0 aliphatic heterocycles. The molecule has 0 radical (unpaired) electrons. The summed E-state index contributed by atoms with van der Waals surface area (Å²) in [6, 6.07) is 1.05. The van der Waals surface area contributed by atoms with Crippen molar-refractivity contribution in [2.75, 3.05) is 6.54 Å². The molecule has 5 nitrogen and oxygen atoms in total. The van der Waals surface area contributed by atoms with Crippen molar-refractivity contribution >= 4 is 5.91 Å². The highest BCUT2D eigenvalue weighted by molar-refractivity contribution is 5.81. The quantitative estimate of drug-likeness (QED) is 0.817. The van der Waals surface area contributed by atoms with Crippen molar-refractivity contribution in [2.45, 2.75) is 25.7 Å². The van der Waals surface area contributed by atoms with Crippen LogP contribution >= 0.6 is 0 Å². The van der Waals surface area contributed by atoms with Crippen molar-refractivity contribution in [1.29, 1.82) is 0 Å². The predicted octanol–water partition coefficient (Wildman–Crippen LogP) is 0.577. The first kappa shape index (κ1) is 14.5. The second-order valence-corrected chi connectivity index (χ2v) is 3.88. The number of nitrogens with zero attached hydrogens (tertiary/aromatic N) is 2. The fraction of sp³-hybridized carbons (Fsp3) is 0.600. The molecule has 1 atom stereocenters. The van der Waals surface area contributed by atoms with E-state index >= 15 is 0 Å². The van der Waals surface area contributed by atoms with Gasteiger partial charge in [0.15, 0.2) is 0 Å². The maximum atomic E-state index is 11.9. The van der Waals surface area contributed by atoms with E-state index in [-0.39, 0.29) is 0 Å². The molecule has 1 heterocycles. The van der Waals surface area contributed by atoms with Crippen LogP contribution in [-0.2, 0) is 18.4 Å². The first-order chi connectivity index (χ1) is 8.29. The Morgan fingerprint density at radius 3 is 2.72 bits per heavy atom. The highest BCUT2D eigenvalue weighted by Crippen LogP contribution is 2.12. The Morgan fingerprint density at radius 1 is 1.56 bits per heavy atom. The first-order valence-corrected chi connectivity index (χ1v) is 5.34. The van der Waals surface area contributed by atoms with E-state index in [1.807, 2.05) is 5.32 Å². The van der Waals surface area contributed by atoms with Gasteiger partial charge in [-0.2, -0.15) is 18.3 Å². The Hall–Kier alpha value is -1.57. The van der Waals surface area contributed by atoms with Gasteiger partial charge < -0.3 is 10.6 Å². The summed E-state index contributed by atoms with van der Waals surface area (Å²) in [6.07, 6.45) is -2.79. The molecule has 0 spiro atoms. The molecule has 102 valence electrons. The molecule has 0 saturated heterocycles. The minimum absolute atomic E-state index is 0.358. The van der Waals surface area contributed by atoms with Crippen molar-refractivity contribution in [1.82, 2.24) is 20.4 Å². The third-order valence-electron chi connectivity index (χ3n) is 2.37. The van der Waals surface area contributed by atoms with Crippen LogP contribution in [0, 0.1) is 0 Å². The number of amides is 1. The maximum Gasteiger partial charge on any atom is 0.405 e. The van der Waals surface area contributed by atoms with Crippen LogP contribution in [0.2, 0.25) is 0 Å². The topological polar surface area (TPSA) is 59.0 Å². The zero-order chi connectivity index (χ0) is 13.8. The van der Waals surface area contributed by atoms with Crippen molar-refractivity contribution in [3.63, 3.8) is 0 Å². The lowest BCUT2D eigenvalue weighted by Gasteiger charge is -2.15. The van der Waals surface area contributed by atoms with E-state index in [4.69, 9.17) is 0 Å². The molecule has 18 heavy (non-hydrogen) atoms. The minimum atomic E-state index is -4.39. The number of aryl methyl sites for hydroxylation is 1. The van der Waals surface area contributed by atoms with E-state index < -0.39 is 24.7 Å². The second-order valence-electron chi connectivity index (χ2n) is 3.88. The van der Waals surface area contributed by atoms with Crippen LogP contribution in [0.15, 0.2) is 12.3 Å². The van der Waals surface area contributed by atoms with E-state index in [0.717, 1.165) is 5.69 Å². The molecule has 0 aromatic carbocycles. The molecular weight excluding hydrogens is 249 g/mol. The third-order valence-corrected chi connectivity index (χ3v) is 2.37. The summed E-state index contributed by atoms with van der Waals surface area (Å²) < 4.78 is 37.3. The predicted molar refractivity (Wildman–Crippen MR) is 58.6 cm³/mol.